The molecule has 0 aliphatic rings. The molecule has 1 atom stereocenters. The zero-order valence-electron chi connectivity index (χ0n) is 7.81. The van der Waals surface area contributed by atoms with Crippen LogP contribution in [0.2, 0.25) is 0 Å². The van der Waals surface area contributed by atoms with E-state index in [1.165, 1.54) is 16.1 Å². The highest BCUT2D eigenvalue weighted by atomic mass is 16.4. The Kier molecular flexibility index (Phi) is 2.27. The molecule has 5 heteroatoms. The molecule has 1 heterocycles. The number of hydrogen-bond acceptors (Lipinski definition) is 2. The van der Waals surface area contributed by atoms with Gasteiger partial charge in [0.2, 0.25) is 0 Å². The molecule has 0 aromatic carbocycles. The zero-order chi connectivity index (χ0) is 10.2. The van der Waals surface area contributed by atoms with Gasteiger partial charge in [0.05, 0.1) is 0 Å². The summed E-state index contributed by atoms with van der Waals surface area (Å²) in [5.74, 6) is -1.00. The maximum Gasteiger partial charge on any atom is 0.328 e. The highest BCUT2D eigenvalue weighted by molar-refractivity contribution is 5.71. The minimum absolute atomic E-state index is 0.299. The van der Waals surface area contributed by atoms with Crippen molar-refractivity contribution < 1.29 is 9.90 Å². The number of rotatable bonds is 2. The number of carbonyl (C=O) groups is 1. The number of aryl methyl sites for hydroxylation is 2. The van der Waals surface area contributed by atoms with E-state index in [2.05, 4.69) is 0 Å². The maximum absolute atomic E-state index is 11.4. The molecular formula is C8H12N2O3. The van der Waals surface area contributed by atoms with Crippen LogP contribution in [0.15, 0.2) is 11.0 Å². The fourth-order valence-electron chi connectivity index (χ4n) is 1.30. The Morgan fingerprint density at radius 3 is 2.46 bits per heavy atom. The number of aromatic nitrogens is 2. The van der Waals surface area contributed by atoms with Gasteiger partial charge in [-0.05, 0) is 13.8 Å². The Morgan fingerprint density at radius 2 is 2.15 bits per heavy atom. The lowest BCUT2D eigenvalue weighted by molar-refractivity contribution is -0.140. The Hall–Kier alpha value is -1.52. The normalized spacial score (nSPS) is 12.8. The summed E-state index contributed by atoms with van der Waals surface area (Å²) in [5, 5.41) is 8.72. The third-order valence-electron chi connectivity index (χ3n) is 2.01. The van der Waals surface area contributed by atoms with E-state index in [0.29, 0.717) is 5.69 Å². The zero-order valence-corrected chi connectivity index (χ0v) is 7.81. The highest BCUT2D eigenvalue weighted by Crippen LogP contribution is 2.05. The van der Waals surface area contributed by atoms with E-state index in [-0.39, 0.29) is 5.69 Å². The summed E-state index contributed by atoms with van der Waals surface area (Å²) in [6.07, 6.45) is 1.61. The first kappa shape index (κ1) is 9.57. The van der Waals surface area contributed by atoms with Crippen LogP contribution in [0.25, 0.3) is 0 Å². The third-order valence-corrected chi connectivity index (χ3v) is 2.01. The lowest BCUT2D eigenvalue weighted by Gasteiger charge is -2.07. The van der Waals surface area contributed by atoms with Gasteiger partial charge in [0.15, 0.2) is 0 Å². The van der Waals surface area contributed by atoms with E-state index in [1.807, 2.05) is 0 Å². The van der Waals surface area contributed by atoms with Gasteiger partial charge in [-0.25, -0.2) is 9.59 Å². The van der Waals surface area contributed by atoms with Gasteiger partial charge >= 0.3 is 11.7 Å². The molecule has 5 nitrogen and oxygen atoms in total. The molecule has 0 saturated heterocycles. The second-order valence-corrected chi connectivity index (χ2v) is 3.05. The average Bonchev–Trinajstić information content (AvgIpc) is 2.26. The smallest absolute Gasteiger partial charge is 0.328 e. The Labute approximate surface area is 75.2 Å². The lowest BCUT2D eigenvalue weighted by Crippen LogP contribution is -2.29. The van der Waals surface area contributed by atoms with Gasteiger partial charge in [-0.1, -0.05) is 0 Å². The van der Waals surface area contributed by atoms with E-state index in [0.717, 1.165) is 0 Å². The van der Waals surface area contributed by atoms with Gasteiger partial charge in [-0.3, -0.25) is 4.57 Å². The summed E-state index contributed by atoms with van der Waals surface area (Å²) in [6, 6.07) is -0.811. The molecule has 1 aromatic heterocycles. The molecule has 13 heavy (non-hydrogen) atoms. The van der Waals surface area contributed by atoms with Crippen LogP contribution in [0.5, 0.6) is 0 Å². The van der Waals surface area contributed by atoms with Crippen molar-refractivity contribution in [1.29, 1.82) is 0 Å². The number of imidazole rings is 1. The number of nitrogens with zero attached hydrogens (tertiary/aromatic N) is 2. The molecule has 0 bridgehead atoms. The quantitative estimate of drug-likeness (QED) is 0.711. The fourth-order valence-corrected chi connectivity index (χ4v) is 1.30. The molecule has 0 amide bonds. The molecule has 1 unspecified atom stereocenters. The van der Waals surface area contributed by atoms with Gasteiger partial charge in [0.1, 0.15) is 6.04 Å². The van der Waals surface area contributed by atoms with E-state index in [1.54, 1.807) is 20.2 Å². The summed E-state index contributed by atoms with van der Waals surface area (Å²) in [4.78, 5) is 22.0. The van der Waals surface area contributed by atoms with E-state index >= 15 is 0 Å². The molecule has 1 aromatic rings. The van der Waals surface area contributed by atoms with Crippen LogP contribution in [-0.4, -0.2) is 20.2 Å². The van der Waals surface area contributed by atoms with Gasteiger partial charge in [0.25, 0.3) is 0 Å². The molecule has 1 N–H and O–H groups in total. The van der Waals surface area contributed by atoms with E-state index in [4.69, 9.17) is 5.11 Å². The number of carboxylic acid groups (broad SMARTS) is 1. The molecule has 0 radical (unpaired) electrons. The topological polar surface area (TPSA) is 64.2 Å². The molecule has 72 valence electrons. The SMILES string of the molecule is Cc1cn(C)c(=O)n1C(C)C(=O)O. The molecule has 0 spiro atoms. The molecule has 0 aliphatic heterocycles. The van der Waals surface area contributed by atoms with Crippen LogP contribution in [0.3, 0.4) is 0 Å². The van der Waals surface area contributed by atoms with Crippen molar-refractivity contribution in [3.63, 3.8) is 0 Å². The van der Waals surface area contributed by atoms with Crippen LogP contribution in [-0.2, 0) is 11.8 Å². The molecule has 0 aliphatic carbocycles. The first-order chi connectivity index (χ1) is 5.95. The van der Waals surface area contributed by atoms with Crippen molar-refractivity contribution >= 4 is 5.97 Å². The van der Waals surface area contributed by atoms with Crippen molar-refractivity contribution in [2.24, 2.45) is 7.05 Å². The maximum atomic E-state index is 11.4. The van der Waals surface area contributed by atoms with E-state index in [9.17, 15) is 9.59 Å². The van der Waals surface area contributed by atoms with Crippen molar-refractivity contribution in [3.05, 3.63) is 22.4 Å². The average molecular weight is 184 g/mol. The summed E-state index contributed by atoms with van der Waals surface area (Å²) < 4.78 is 2.62. The second-order valence-electron chi connectivity index (χ2n) is 3.05. The minimum atomic E-state index is -1.00. The van der Waals surface area contributed by atoms with Crippen molar-refractivity contribution in [2.75, 3.05) is 0 Å². The monoisotopic (exact) mass is 184 g/mol. The summed E-state index contributed by atoms with van der Waals surface area (Å²) in [7, 11) is 1.60. The Bertz CT molecular complexity index is 389. The minimum Gasteiger partial charge on any atom is -0.480 e. The fraction of sp³-hybridized carbons (Fsp3) is 0.500. The first-order valence-electron chi connectivity index (χ1n) is 3.92. The predicted octanol–water partition coefficient (Wildman–Crippen LogP) is 0.141. The van der Waals surface area contributed by atoms with E-state index < -0.39 is 12.0 Å². The molecule has 1 rings (SSSR count). The van der Waals surface area contributed by atoms with Gasteiger partial charge in [-0.15, -0.1) is 0 Å². The molecule has 0 fully saturated rings. The van der Waals surface area contributed by atoms with Crippen molar-refractivity contribution in [3.8, 4) is 0 Å². The van der Waals surface area contributed by atoms with Crippen LogP contribution in [0.1, 0.15) is 18.7 Å². The Morgan fingerprint density at radius 1 is 1.62 bits per heavy atom. The standard InChI is InChI=1S/C8H12N2O3/c1-5-4-9(3)8(13)10(5)6(2)7(11)12/h4,6H,1-3H3,(H,11,12). The second kappa shape index (κ2) is 3.08. The van der Waals surface area contributed by atoms with Crippen LogP contribution < -0.4 is 5.69 Å². The highest BCUT2D eigenvalue weighted by Gasteiger charge is 2.18. The number of hydrogen-bond donors (Lipinski definition) is 1. The van der Waals surface area contributed by atoms with Gasteiger partial charge in [0, 0.05) is 18.9 Å². The number of carboxylic acids is 1. The van der Waals surface area contributed by atoms with Crippen molar-refractivity contribution in [2.45, 2.75) is 19.9 Å². The molecule has 0 saturated carbocycles. The van der Waals surface area contributed by atoms with Crippen LogP contribution >= 0.6 is 0 Å². The van der Waals surface area contributed by atoms with Gasteiger partial charge in [-0.2, -0.15) is 0 Å². The van der Waals surface area contributed by atoms with Gasteiger partial charge < -0.3 is 9.67 Å². The van der Waals surface area contributed by atoms with Crippen molar-refractivity contribution in [1.82, 2.24) is 9.13 Å². The number of aliphatic carboxylic acids is 1. The predicted molar refractivity (Wildman–Crippen MR) is 46.8 cm³/mol. The summed E-state index contributed by atoms with van der Waals surface area (Å²) in [5.41, 5.74) is 0.356. The third kappa shape index (κ3) is 1.49. The largest absolute Gasteiger partial charge is 0.480 e. The molecular weight excluding hydrogens is 172 g/mol. The summed E-state index contributed by atoms with van der Waals surface area (Å²) in [6.45, 7) is 3.19. The lowest BCUT2D eigenvalue weighted by atomic mass is 10.3. The summed E-state index contributed by atoms with van der Waals surface area (Å²) >= 11 is 0. The van der Waals surface area contributed by atoms with Crippen LogP contribution in [0.4, 0.5) is 0 Å². The van der Waals surface area contributed by atoms with Crippen LogP contribution in [0, 0.1) is 6.92 Å². The Balaban J connectivity index is 3.29. The first-order valence-corrected chi connectivity index (χ1v) is 3.92.